The lowest BCUT2D eigenvalue weighted by Gasteiger charge is -2.25. The molecule has 0 radical (unpaired) electrons. The number of carbonyl (C=O) groups excluding carboxylic acids is 1. The molecule has 0 fully saturated rings. The molecule has 4 rings (SSSR count). The fourth-order valence-corrected chi connectivity index (χ4v) is 4.24. The molecule has 1 heterocycles. The van der Waals surface area contributed by atoms with Crippen LogP contribution in [-0.2, 0) is 14.6 Å². The van der Waals surface area contributed by atoms with E-state index in [9.17, 15) is 13.2 Å². The summed E-state index contributed by atoms with van der Waals surface area (Å²) in [5, 5.41) is 0.889. The molecule has 0 aliphatic rings. The van der Waals surface area contributed by atoms with Gasteiger partial charge >= 0.3 is 0 Å². The van der Waals surface area contributed by atoms with Crippen LogP contribution in [0.3, 0.4) is 0 Å². The van der Waals surface area contributed by atoms with E-state index in [0.717, 1.165) is 33.9 Å². The summed E-state index contributed by atoms with van der Waals surface area (Å²) in [7, 11) is -3.38. The van der Waals surface area contributed by atoms with Gasteiger partial charge in [-0.1, -0.05) is 42.5 Å². The van der Waals surface area contributed by atoms with Gasteiger partial charge in [0, 0.05) is 23.4 Å². The Bertz CT molecular complexity index is 1410. The summed E-state index contributed by atoms with van der Waals surface area (Å²) in [6, 6.07) is 23.2. The summed E-state index contributed by atoms with van der Waals surface area (Å²) in [6.45, 7) is 3.44. The summed E-state index contributed by atoms with van der Waals surface area (Å²) in [4.78, 5) is 15.6. The minimum absolute atomic E-state index is 0.622. The van der Waals surface area contributed by atoms with Crippen molar-refractivity contribution < 1.29 is 13.2 Å². The third kappa shape index (κ3) is 3.89. The molecule has 4 nitrogen and oxygen atoms in total. The van der Waals surface area contributed by atoms with Gasteiger partial charge in [-0.3, -0.25) is 9.78 Å². The van der Waals surface area contributed by atoms with Gasteiger partial charge in [-0.25, -0.2) is 8.42 Å². The van der Waals surface area contributed by atoms with Gasteiger partial charge < -0.3 is 0 Å². The molecular weight excluding hydrogens is 406 g/mol. The first kappa shape index (κ1) is 20.9. The summed E-state index contributed by atoms with van der Waals surface area (Å²) in [5.74, 6) is 0. The van der Waals surface area contributed by atoms with Crippen LogP contribution in [0.15, 0.2) is 79.0 Å². The van der Waals surface area contributed by atoms with Crippen LogP contribution in [0.1, 0.15) is 29.8 Å². The van der Waals surface area contributed by atoms with Crippen LogP contribution < -0.4 is 0 Å². The normalized spacial score (nSPS) is 12.1. The second kappa shape index (κ2) is 7.75. The van der Waals surface area contributed by atoms with Crippen molar-refractivity contribution in [3.8, 4) is 22.3 Å². The number of hydrogen-bond donors (Lipinski definition) is 0. The third-order valence-electron chi connectivity index (χ3n) is 5.83. The maximum atomic E-state index is 12.6. The smallest absolute Gasteiger partial charge is 0.156 e. The number of aldehydes is 1. The molecule has 0 unspecified atom stereocenters. The van der Waals surface area contributed by atoms with E-state index in [4.69, 9.17) is 0 Å². The van der Waals surface area contributed by atoms with Crippen molar-refractivity contribution in [2.45, 2.75) is 18.6 Å². The molecule has 3 aromatic carbocycles. The largest absolute Gasteiger partial charge is 0.298 e. The van der Waals surface area contributed by atoms with Crippen molar-refractivity contribution in [1.82, 2.24) is 4.98 Å². The van der Waals surface area contributed by atoms with E-state index in [1.807, 2.05) is 60.7 Å². The SMILES string of the molecule is CC(C)(c1cc(-c2cccc(-c3cccc(C=O)c3)c2)cc2cccnc12)S(C)(=O)=O. The van der Waals surface area contributed by atoms with E-state index in [0.29, 0.717) is 16.6 Å². The summed E-state index contributed by atoms with van der Waals surface area (Å²) in [5.41, 5.74) is 5.80. The van der Waals surface area contributed by atoms with Gasteiger partial charge in [-0.05, 0) is 72.0 Å². The Kier molecular flexibility index (Phi) is 5.23. The molecule has 0 saturated carbocycles. The molecule has 1 aromatic heterocycles. The Morgan fingerprint density at radius 2 is 1.45 bits per heavy atom. The number of aromatic nitrogens is 1. The average Bonchev–Trinajstić information content (AvgIpc) is 2.77. The van der Waals surface area contributed by atoms with Crippen molar-refractivity contribution in [3.63, 3.8) is 0 Å². The first-order valence-electron chi connectivity index (χ1n) is 9.95. The minimum Gasteiger partial charge on any atom is -0.298 e. The van der Waals surface area contributed by atoms with Crippen molar-refractivity contribution in [2.24, 2.45) is 0 Å². The first-order valence-corrected chi connectivity index (χ1v) is 11.8. The zero-order chi connectivity index (χ0) is 22.2. The standard InChI is InChI=1S/C26H23NO3S/c1-26(2,31(3,29)30)24-16-23(15-22-11-6-12-27-25(22)24)21-10-5-9-20(14-21)19-8-4-7-18(13-19)17-28/h4-17H,1-3H3. The van der Waals surface area contributed by atoms with Crippen LogP contribution in [-0.4, -0.2) is 25.9 Å². The van der Waals surface area contributed by atoms with Gasteiger partial charge in [-0.15, -0.1) is 0 Å². The van der Waals surface area contributed by atoms with Crippen LogP contribution >= 0.6 is 0 Å². The number of carbonyl (C=O) groups is 1. The van der Waals surface area contributed by atoms with Crippen LogP contribution in [0.25, 0.3) is 33.2 Å². The molecule has 0 amide bonds. The van der Waals surface area contributed by atoms with Gasteiger partial charge in [0.15, 0.2) is 9.84 Å². The Hall–Kier alpha value is -3.31. The molecule has 0 aliphatic heterocycles. The van der Waals surface area contributed by atoms with E-state index < -0.39 is 14.6 Å². The maximum absolute atomic E-state index is 12.6. The van der Waals surface area contributed by atoms with E-state index >= 15 is 0 Å². The Balaban J connectivity index is 1.92. The lowest BCUT2D eigenvalue weighted by Crippen LogP contribution is -2.28. The number of fused-ring (bicyclic) bond motifs is 1. The van der Waals surface area contributed by atoms with E-state index in [2.05, 4.69) is 11.1 Å². The van der Waals surface area contributed by atoms with Crippen LogP contribution in [0, 0.1) is 0 Å². The summed E-state index contributed by atoms with van der Waals surface area (Å²) in [6.07, 6.45) is 3.78. The highest BCUT2D eigenvalue weighted by atomic mass is 32.2. The minimum atomic E-state index is -3.38. The highest BCUT2D eigenvalue weighted by Gasteiger charge is 2.34. The third-order valence-corrected chi connectivity index (χ3v) is 7.91. The summed E-state index contributed by atoms with van der Waals surface area (Å²) >= 11 is 0. The van der Waals surface area contributed by atoms with Gasteiger partial charge in [0.2, 0.25) is 0 Å². The molecule has 0 N–H and O–H groups in total. The Morgan fingerprint density at radius 1 is 0.806 bits per heavy atom. The van der Waals surface area contributed by atoms with Crippen molar-refractivity contribution >= 4 is 27.0 Å². The molecule has 4 aromatic rings. The van der Waals surface area contributed by atoms with Crippen molar-refractivity contribution in [2.75, 3.05) is 6.26 Å². The first-order chi connectivity index (χ1) is 14.7. The second-order valence-corrected chi connectivity index (χ2v) is 10.8. The molecule has 31 heavy (non-hydrogen) atoms. The van der Waals surface area contributed by atoms with Gasteiger partial charge in [0.1, 0.15) is 6.29 Å². The van der Waals surface area contributed by atoms with Crippen molar-refractivity contribution in [1.29, 1.82) is 0 Å². The molecule has 0 bridgehead atoms. The number of benzene rings is 3. The Morgan fingerprint density at radius 3 is 2.13 bits per heavy atom. The molecule has 0 spiro atoms. The molecule has 0 aliphatic carbocycles. The number of rotatable bonds is 5. The van der Waals surface area contributed by atoms with Crippen LogP contribution in [0.5, 0.6) is 0 Å². The number of nitrogens with zero attached hydrogens (tertiary/aromatic N) is 1. The molecule has 156 valence electrons. The topological polar surface area (TPSA) is 64.1 Å². The predicted octanol–water partition coefficient (Wildman–Crippen LogP) is 5.66. The lowest BCUT2D eigenvalue weighted by atomic mass is 9.92. The highest BCUT2D eigenvalue weighted by Crippen LogP contribution is 2.37. The zero-order valence-corrected chi connectivity index (χ0v) is 18.5. The second-order valence-electron chi connectivity index (χ2n) is 8.21. The maximum Gasteiger partial charge on any atom is 0.156 e. The summed E-state index contributed by atoms with van der Waals surface area (Å²) < 4.78 is 24.1. The number of pyridine rings is 1. The van der Waals surface area contributed by atoms with Crippen LogP contribution in [0.4, 0.5) is 0 Å². The molecule has 5 heteroatoms. The van der Waals surface area contributed by atoms with E-state index in [-0.39, 0.29) is 0 Å². The number of sulfone groups is 1. The molecule has 0 atom stereocenters. The quantitative estimate of drug-likeness (QED) is 0.384. The highest BCUT2D eigenvalue weighted by molar-refractivity contribution is 7.91. The van der Waals surface area contributed by atoms with Gasteiger partial charge in [0.25, 0.3) is 0 Å². The van der Waals surface area contributed by atoms with E-state index in [1.54, 1.807) is 26.1 Å². The van der Waals surface area contributed by atoms with Crippen molar-refractivity contribution in [3.05, 3.63) is 90.1 Å². The van der Waals surface area contributed by atoms with Gasteiger partial charge in [0.05, 0.1) is 10.3 Å². The predicted molar refractivity (Wildman–Crippen MR) is 126 cm³/mol. The Labute approximate surface area is 182 Å². The zero-order valence-electron chi connectivity index (χ0n) is 17.7. The van der Waals surface area contributed by atoms with Gasteiger partial charge in [-0.2, -0.15) is 0 Å². The van der Waals surface area contributed by atoms with Crippen LogP contribution in [0.2, 0.25) is 0 Å². The fourth-order valence-electron chi connectivity index (χ4n) is 3.69. The monoisotopic (exact) mass is 429 g/mol. The lowest BCUT2D eigenvalue weighted by molar-refractivity contribution is 0.112. The fraction of sp³-hybridized carbons (Fsp3) is 0.154. The molecular formula is C26H23NO3S. The molecule has 0 saturated heterocycles. The average molecular weight is 430 g/mol. The van der Waals surface area contributed by atoms with E-state index in [1.165, 1.54) is 6.26 Å². The number of hydrogen-bond acceptors (Lipinski definition) is 4.